The third-order valence-electron chi connectivity index (χ3n) is 3.38. The van der Waals surface area contributed by atoms with Gasteiger partial charge in [0.25, 0.3) is 5.91 Å². The van der Waals surface area contributed by atoms with Crippen molar-refractivity contribution in [2.45, 2.75) is 13.3 Å². The number of ether oxygens (including phenoxy) is 1. The van der Waals surface area contributed by atoms with Gasteiger partial charge in [0.05, 0.1) is 15.2 Å². The van der Waals surface area contributed by atoms with Gasteiger partial charge in [0.1, 0.15) is 5.75 Å². The van der Waals surface area contributed by atoms with E-state index in [0.29, 0.717) is 20.9 Å². The van der Waals surface area contributed by atoms with Crippen molar-refractivity contribution in [3.8, 4) is 5.75 Å². The lowest BCUT2D eigenvalue weighted by molar-refractivity contribution is -0.118. The van der Waals surface area contributed by atoms with Gasteiger partial charge in [-0.2, -0.15) is 0 Å². The van der Waals surface area contributed by atoms with Crippen molar-refractivity contribution in [3.63, 3.8) is 0 Å². The van der Waals surface area contributed by atoms with Crippen LogP contribution in [0.25, 0.3) is 10.2 Å². The van der Waals surface area contributed by atoms with Crippen molar-refractivity contribution < 1.29 is 9.53 Å². The lowest BCUT2D eigenvalue weighted by Crippen LogP contribution is -2.20. The molecule has 0 aliphatic heterocycles. The van der Waals surface area contributed by atoms with Gasteiger partial charge in [0, 0.05) is 5.02 Å². The molecule has 3 rings (SSSR count). The Kier molecular flexibility index (Phi) is 5.23. The predicted molar refractivity (Wildman–Crippen MR) is 99.6 cm³/mol. The van der Waals surface area contributed by atoms with Crippen LogP contribution < -0.4 is 10.1 Å². The minimum absolute atomic E-state index is 0.155. The maximum Gasteiger partial charge on any atom is 0.264 e. The van der Waals surface area contributed by atoms with E-state index in [1.807, 2.05) is 18.2 Å². The summed E-state index contributed by atoms with van der Waals surface area (Å²) in [7, 11) is 0. The van der Waals surface area contributed by atoms with Crippen molar-refractivity contribution >= 4 is 55.8 Å². The number of aryl methyl sites for hydroxylation is 1. The van der Waals surface area contributed by atoms with Crippen LogP contribution in [0.2, 0.25) is 10.0 Å². The number of rotatable bonds is 5. The van der Waals surface area contributed by atoms with E-state index in [1.54, 1.807) is 18.2 Å². The fourth-order valence-corrected chi connectivity index (χ4v) is 3.63. The molecule has 24 heavy (non-hydrogen) atoms. The molecule has 0 aliphatic rings. The van der Waals surface area contributed by atoms with E-state index in [9.17, 15) is 4.79 Å². The topological polar surface area (TPSA) is 51.2 Å². The van der Waals surface area contributed by atoms with E-state index < -0.39 is 0 Å². The average Bonchev–Trinajstić information content (AvgIpc) is 2.96. The van der Waals surface area contributed by atoms with E-state index in [1.165, 1.54) is 11.3 Å². The van der Waals surface area contributed by atoms with Crippen LogP contribution in [0.1, 0.15) is 12.5 Å². The number of nitrogens with one attached hydrogen (secondary N) is 1. The predicted octanol–water partition coefficient (Wildman–Crippen LogP) is 5.18. The number of aromatic nitrogens is 1. The molecule has 0 bridgehead atoms. The van der Waals surface area contributed by atoms with Gasteiger partial charge in [0.15, 0.2) is 11.7 Å². The number of anilines is 1. The lowest BCUT2D eigenvalue weighted by atomic mass is 10.1. The maximum absolute atomic E-state index is 12.1. The Labute approximate surface area is 153 Å². The molecule has 1 aromatic heterocycles. The van der Waals surface area contributed by atoms with E-state index in [0.717, 1.165) is 22.2 Å². The Hall–Kier alpha value is -1.82. The number of hydrogen-bond donors (Lipinski definition) is 1. The molecule has 0 spiro atoms. The largest absolute Gasteiger partial charge is 0.482 e. The summed E-state index contributed by atoms with van der Waals surface area (Å²) in [5.41, 5.74) is 2.09. The van der Waals surface area contributed by atoms with Gasteiger partial charge in [-0.15, -0.1) is 0 Å². The smallest absolute Gasteiger partial charge is 0.264 e. The lowest BCUT2D eigenvalue weighted by Gasteiger charge is -2.07. The minimum Gasteiger partial charge on any atom is -0.482 e. The molecule has 4 nitrogen and oxygen atoms in total. The first-order valence-electron chi connectivity index (χ1n) is 7.33. The second-order valence-electron chi connectivity index (χ2n) is 5.05. The fourth-order valence-electron chi connectivity index (χ4n) is 2.24. The molecular weight excluding hydrogens is 367 g/mol. The second kappa shape index (κ2) is 7.38. The number of carbonyl (C=O) groups is 1. The molecule has 0 radical (unpaired) electrons. The van der Waals surface area contributed by atoms with E-state index in [-0.39, 0.29) is 12.5 Å². The fraction of sp³-hybridized carbons (Fsp3) is 0.176. The first-order chi connectivity index (χ1) is 11.6. The van der Waals surface area contributed by atoms with Crippen molar-refractivity contribution in [1.29, 1.82) is 0 Å². The molecule has 0 fully saturated rings. The minimum atomic E-state index is -0.293. The molecule has 1 amide bonds. The highest BCUT2D eigenvalue weighted by atomic mass is 35.5. The highest BCUT2D eigenvalue weighted by Gasteiger charge is 2.11. The summed E-state index contributed by atoms with van der Waals surface area (Å²) in [6.45, 7) is 1.92. The molecule has 0 atom stereocenters. The summed E-state index contributed by atoms with van der Waals surface area (Å²) >= 11 is 13.3. The third-order valence-corrected chi connectivity index (χ3v) is 4.85. The summed E-state index contributed by atoms with van der Waals surface area (Å²) in [5.74, 6) is 0.118. The molecule has 2 aromatic carbocycles. The van der Waals surface area contributed by atoms with Crippen molar-refractivity contribution in [2.75, 3.05) is 11.9 Å². The van der Waals surface area contributed by atoms with Crippen LogP contribution in [0.15, 0.2) is 36.4 Å². The van der Waals surface area contributed by atoms with Crippen molar-refractivity contribution in [2.24, 2.45) is 0 Å². The zero-order valence-corrected chi connectivity index (χ0v) is 15.1. The first kappa shape index (κ1) is 17.0. The van der Waals surface area contributed by atoms with Crippen LogP contribution in [-0.4, -0.2) is 17.5 Å². The first-order valence-corrected chi connectivity index (χ1v) is 8.90. The maximum atomic E-state index is 12.1. The summed E-state index contributed by atoms with van der Waals surface area (Å²) in [4.78, 5) is 16.6. The molecule has 0 unspecified atom stereocenters. The number of hydrogen-bond acceptors (Lipinski definition) is 4. The summed E-state index contributed by atoms with van der Waals surface area (Å²) < 4.78 is 6.47. The zero-order valence-electron chi connectivity index (χ0n) is 12.8. The highest BCUT2D eigenvalue weighted by Crippen LogP contribution is 2.29. The number of halogens is 2. The molecule has 0 saturated carbocycles. The molecule has 1 heterocycles. The Morgan fingerprint density at radius 2 is 2.12 bits per heavy atom. The summed E-state index contributed by atoms with van der Waals surface area (Å²) in [5, 5.41) is 4.19. The standard InChI is InChI=1S/C17H14Cl2N2O2S/c1-2-10-4-3-5-14-16(10)21-17(24-14)20-15(22)9-23-13-7-6-11(18)8-12(13)19/h3-8H,2,9H2,1H3,(H,20,21,22). The number of nitrogens with zero attached hydrogens (tertiary/aromatic N) is 1. The molecule has 1 N–H and O–H groups in total. The van der Waals surface area contributed by atoms with Gasteiger partial charge in [-0.05, 0) is 36.2 Å². The van der Waals surface area contributed by atoms with E-state index >= 15 is 0 Å². The average molecular weight is 381 g/mol. The van der Waals surface area contributed by atoms with Crippen LogP contribution in [-0.2, 0) is 11.2 Å². The zero-order chi connectivity index (χ0) is 17.1. The van der Waals surface area contributed by atoms with E-state index in [2.05, 4.69) is 17.2 Å². The molecule has 3 aromatic rings. The van der Waals surface area contributed by atoms with Gasteiger partial charge in [0.2, 0.25) is 0 Å². The molecule has 7 heteroatoms. The number of para-hydroxylation sites is 1. The monoisotopic (exact) mass is 380 g/mol. The van der Waals surface area contributed by atoms with Crippen LogP contribution in [0.4, 0.5) is 5.13 Å². The van der Waals surface area contributed by atoms with Gasteiger partial charge < -0.3 is 4.74 Å². The van der Waals surface area contributed by atoms with Crippen LogP contribution in [0.3, 0.4) is 0 Å². The number of benzene rings is 2. The van der Waals surface area contributed by atoms with Crippen LogP contribution in [0.5, 0.6) is 5.75 Å². The third kappa shape index (κ3) is 3.80. The van der Waals surface area contributed by atoms with Crippen molar-refractivity contribution in [1.82, 2.24) is 4.98 Å². The number of fused-ring (bicyclic) bond motifs is 1. The Morgan fingerprint density at radius 3 is 2.88 bits per heavy atom. The van der Waals surface area contributed by atoms with Crippen LogP contribution >= 0.6 is 34.5 Å². The van der Waals surface area contributed by atoms with Crippen molar-refractivity contribution in [3.05, 3.63) is 52.0 Å². The van der Waals surface area contributed by atoms with Gasteiger partial charge >= 0.3 is 0 Å². The Morgan fingerprint density at radius 1 is 1.29 bits per heavy atom. The summed E-state index contributed by atoms with van der Waals surface area (Å²) in [6, 6.07) is 10.9. The normalized spacial score (nSPS) is 10.8. The van der Waals surface area contributed by atoms with E-state index in [4.69, 9.17) is 27.9 Å². The Bertz CT molecular complexity index is 895. The number of carbonyl (C=O) groups excluding carboxylic acids is 1. The quantitative estimate of drug-likeness (QED) is 0.662. The molecule has 0 saturated heterocycles. The SMILES string of the molecule is CCc1cccc2sc(NC(=O)COc3ccc(Cl)cc3Cl)nc12. The van der Waals surface area contributed by atoms with Gasteiger partial charge in [-0.3, -0.25) is 10.1 Å². The Balaban J connectivity index is 1.66. The molecule has 124 valence electrons. The number of amides is 1. The molecular formula is C17H14Cl2N2O2S. The molecule has 0 aliphatic carbocycles. The van der Waals surface area contributed by atoms with Gasteiger partial charge in [-0.25, -0.2) is 4.98 Å². The number of thiazole rings is 1. The van der Waals surface area contributed by atoms with Gasteiger partial charge in [-0.1, -0.05) is 53.6 Å². The second-order valence-corrected chi connectivity index (χ2v) is 6.92. The highest BCUT2D eigenvalue weighted by molar-refractivity contribution is 7.22. The summed E-state index contributed by atoms with van der Waals surface area (Å²) in [6.07, 6.45) is 0.895. The van der Waals surface area contributed by atoms with Crippen LogP contribution in [0, 0.1) is 0 Å².